The third-order valence-corrected chi connectivity index (χ3v) is 1.11. The van der Waals surface area contributed by atoms with Crippen LogP contribution in [-0.4, -0.2) is 24.2 Å². The molecule has 1 heterocycles. The summed E-state index contributed by atoms with van der Waals surface area (Å²) in [7, 11) is 0. The van der Waals surface area contributed by atoms with Gasteiger partial charge in [0.15, 0.2) is 0 Å². The van der Waals surface area contributed by atoms with E-state index in [4.69, 9.17) is 0 Å². The Balaban J connectivity index is 2.24. The number of amides is 1. The number of hydrazone groups is 1. The average molecular weight is 141 g/mol. The summed E-state index contributed by atoms with van der Waals surface area (Å²) in [5.74, 6) is -0.0406. The lowest BCUT2D eigenvalue weighted by Crippen LogP contribution is -2.25. The maximum atomic E-state index is 10.8. The van der Waals surface area contributed by atoms with Crippen LogP contribution in [0, 0.1) is 0 Å². The molecule has 4 nitrogen and oxygen atoms in total. The Morgan fingerprint density at radius 3 is 2.70 bits per heavy atom. The molecular weight excluding hydrogens is 130 g/mol. The molecule has 0 saturated carbocycles. The van der Waals surface area contributed by atoms with Gasteiger partial charge in [0.1, 0.15) is 6.04 Å². The summed E-state index contributed by atoms with van der Waals surface area (Å²) in [6, 6.07) is 0.00287. The van der Waals surface area contributed by atoms with Gasteiger partial charge in [0.25, 0.3) is 5.91 Å². The molecular formula is C6H11N3O. The SMILES string of the molecule is CC(C)=NNC(=O)[C@@H]1CN1. The van der Waals surface area contributed by atoms with Crippen LogP contribution in [0.4, 0.5) is 0 Å². The lowest BCUT2D eigenvalue weighted by atomic mass is 10.4. The van der Waals surface area contributed by atoms with E-state index in [-0.39, 0.29) is 11.9 Å². The van der Waals surface area contributed by atoms with Crippen molar-refractivity contribution in [2.45, 2.75) is 19.9 Å². The molecule has 1 amide bonds. The topological polar surface area (TPSA) is 63.4 Å². The molecule has 0 aromatic heterocycles. The highest BCUT2D eigenvalue weighted by molar-refractivity contribution is 5.86. The normalized spacial score (nSPS) is 21.6. The van der Waals surface area contributed by atoms with E-state index in [1.807, 2.05) is 13.8 Å². The molecule has 10 heavy (non-hydrogen) atoms. The summed E-state index contributed by atoms with van der Waals surface area (Å²) in [6.07, 6.45) is 0. The van der Waals surface area contributed by atoms with Crippen molar-refractivity contribution in [1.82, 2.24) is 10.7 Å². The average Bonchev–Trinajstić information content (AvgIpc) is 2.63. The molecule has 0 aliphatic carbocycles. The van der Waals surface area contributed by atoms with Gasteiger partial charge in [-0.3, -0.25) is 4.79 Å². The van der Waals surface area contributed by atoms with Crippen molar-refractivity contribution >= 4 is 11.6 Å². The van der Waals surface area contributed by atoms with E-state index < -0.39 is 0 Å². The van der Waals surface area contributed by atoms with Crippen LogP contribution in [0.3, 0.4) is 0 Å². The van der Waals surface area contributed by atoms with Gasteiger partial charge in [0.05, 0.1) is 0 Å². The molecule has 1 rings (SSSR count). The first-order chi connectivity index (χ1) is 4.70. The van der Waals surface area contributed by atoms with Gasteiger partial charge in [-0.15, -0.1) is 0 Å². The van der Waals surface area contributed by atoms with E-state index >= 15 is 0 Å². The molecule has 1 fully saturated rings. The molecule has 4 heteroatoms. The number of hydrogen-bond donors (Lipinski definition) is 2. The first kappa shape index (κ1) is 7.21. The number of nitrogens with zero attached hydrogens (tertiary/aromatic N) is 1. The molecule has 0 aromatic carbocycles. The van der Waals surface area contributed by atoms with Crippen molar-refractivity contribution in [3.63, 3.8) is 0 Å². The Morgan fingerprint density at radius 1 is 1.70 bits per heavy atom. The van der Waals surface area contributed by atoms with Gasteiger partial charge < -0.3 is 5.32 Å². The number of rotatable bonds is 2. The molecule has 1 aliphatic heterocycles. The van der Waals surface area contributed by atoms with E-state index in [1.54, 1.807) is 0 Å². The fourth-order valence-electron chi connectivity index (χ4n) is 0.489. The van der Waals surface area contributed by atoms with Crippen LogP contribution >= 0.6 is 0 Å². The van der Waals surface area contributed by atoms with Crippen molar-refractivity contribution in [3.05, 3.63) is 0 Å². The van der Waals surface area contributed by atoms with Crippen LogP contribution < -0.4 is 10.7 Å². The number of carbonyl (C=O) groups is 1. The van der Waals surface area contributed by atoms with Crippen LogP contribution in [-0.2, 0) is 4.79 Å². The quantitative estimate of drug-likeness (QED) is 0.308. The van der Waals surface area contributed by atoms with E-state index in [0.717, 1.165) is 12.3 Å². The van der Waals surface area contributed by atoms with Gasteiger partial charge >= 0.3 is 0 Å². The van der Waals surface area contributed by atoms with E-state index in [1.165, 1.54) is 0 Å². The van der Waals surface area contributed by atoms with Crippen molar-refractivity contribution < 1.29 is 4.79 Å². The largest absolute Gasteiger partial charge is 0.303 e. The summed E-state index contributed by atoms with van der Waals surface area (Å²) in [4.78, 5) is 10.8. The third kappa shape index (κ3) is 2.14. The molecule has 0 radical (unpaired) electrons. The molecule has 56 valence electrons. The summed E-state index contributed by atoms with van der Waals surface area (Å²) >= 11 is 0. The van der Waals surface area contributed by atoms with Gasteiger partial charge in [0, 0.05) is 12.3 Å². The first-order valence-corrected chi connectivity index (χ1v) is 3.24. The minimum atomic E-state index is -0.0406. The van der Waals surface area contributed by atoms with Crippen molar-refractivity contribution in [3.8, 4) is 0 Å². The highest BCUT2D eigenvalue weighted by Gasteiger charge is 2.28. The summed E-state index contributed by atoms with van der Waals surface area (Å²) in [5, 5.41) is 6.64. The van der Waals surface area contributed by atoms with Gasteiger partial charge in [0.2, 0.25) is 0 Å². The second-order valence-electron chi connectivity index (χ2n) is 2.50. The Morgan fingerprint density at radius 2 is 2.30 bits per heavy atom. The maximum absolute atomic E-state index is 10.8. The molecule has 1 aliphatic rings. The zero-order valence-electron chi connectivity index (χ0n) is 6.14. The van der Waals surface area contributed by atoms with E-state index in [0.29, 0.717) is 0 Å². The van der Waals surface area contributed by atoms with Crippen LogP contribution in [0.25, 0.3) is 0 Å². The van der Waals surface area contributed by atoms with Crippen molar-refractivity contribution in [2.75, 3.05) is 6.54 Å². The monoisotopic (exact) mass is 141 g/mol. The van der Waals surface area contributed by atoms with Crippen molar-refractivity contribution in [2.24, 2.45) is 5.10 Å². The molecule has 0 spiro atoms. The Hall–Kier alpha value is -0.900. The first-order valence-electron chi connectivity index (χ1n) is 3.24. The fourth-order valence-corrected chi connectivity index (χ4v) is 0.489. The summed E-state index contributed by atoms with van der Waals surface area (Å²) in [6.45, 7) is 4.45. The van der Waals surface area contributed by atoms with Crippen molar-refractivity contribution in [1.29, 1.82) is 0 Å². The molecule has 2 N–H and O–H groups in total. The van der Waals surface area contributed by atoms with Crippen LogP contribution in [0.2, 0.25) is 0 Å². The molecule has 0 aromatic rings. The Bertz CT molecular complexity index is 168. The second-order valence-corrected chi connectivity index (χ2v) is 2.50. The minimum Gasteiger partial charge on any atom is -0.303 e. The molecule has 0 bridgehead atoms. The van der Waals surface area contributed by atoms with E-state index in [9.17, 15) is 4.79 Å². The maximum Gasteiger partial charge on any atom is 0.258 e. The Kier molecular flexibility index (Phi) is 2.01. The lowest BCUT2D eigenvalue weighted by Gasteiger charge is -1.94. The van der Waals surface area contributed by atoms with E-state index in [2.05, 4.69) is 15.8 Å². The molecule has 0 unspecified atom stereocenters. The highest BCUT2D eigenvalue weighted by Crippen LogP contribution is 1.94. The number of nitrogens with one attached hydrogen (secondary N) is 2. The van der Waals surface area contributed by atoms with Gasteiger partial charge in [-0.25, -0.2) is 5.43 Å². The van der Waals surface area contributed by atoms with Gasteiger partial charge in [-0.2, -0.15) is 5.10 Å². The predicted octanol–water partition coefficient (Wildman–Crippen LogP) is -0.530. The minimum absolute atomic E-state index is 0.00287. The lowest BCUT2D eigenvalue weighted by molar-refractivity contribution is -0.120. The second kappa shape index (κ2) is 2.79. The third-order valence-electron chi connectivity index (χ3n) is 1.11. The van der Waals surface area contributed by atoms with Crippen LogP contribution in [0.5, 0.6) is 0 Å². The van der Waals surface area contributed by atoms with Gasteiger partial charge in [-0.1, -0.05) is 0 Å². The summed E-state index contributed by atoms with van der Waals surface area (Å²) in [5.41, 5.74) is 3.29. The fraction of sp³-hybridized carbons (Fsp3) is 0.667. The smallest absolute Gasteiger partial charge is 0.258 e. The number of hydrogen-bond acceptors (Lipinski definition) is 3. The van der Waals surface area contributed by atoms with Crippen LogP contribution in [0.1, 0.15) is 13.8 Å². The zero-order chi connectivity index (χ0) is 7.56. The van der Waals surface area contributed by atoms with Gasteiger partial charge in [-0.05, 0) is 13.8 Å². The number of carbonyl (C=O) groups excluding carboxylic acids is 1. The zero-order valence-corrected chi connectivity index (χ0v) is 6.14. The highest BCUT2D eigenvalue weighted by atomic mass is 16.2. The Labute approximate surface area is 59.7 Å². The molecule has 1 saturated heterocycles. The standard InChI is InChI=1S/C6H11N3O/c1-4(2)8-9-6(10)5-3-7-5/h5,7H,3H2,1-2H3,(H,9,10)/t5-/m0/s1. The van der Waals surface area contributed by atoms with Crippen LogP contribution in [0.15, 0.2) is 5.10 Å². The molecule has 1 atom stereocenters. The predicted molar refractivity (Wildman–Crippen MR) is 38.7 cm³/mol. The summed E-state index contributed by atoms with van der Waals surface area (Å²) < 4.78 is 0.